The zero-order valence-electron chi connectivity index (χ0n) is 11.9. The van der Waals surface area contributed by atoms with Gasteiger partial charge in [0.05, 0.1) is 6.54 Å². The second-order valence-electron chi connectivity index (χ2n) is 4.25. The number of thiazole rings is 1. The van der Waals surface area contributed by atoms with Crippen LogP contribution in [0.1, 0.15) is 23.4 Å². The minimum atomic E-state index is 0.393. The first kappa shape index (κ1) is 14.7. The van der Waals surface area contributed by atoms with Gasteiger partial charge < -0.3 is 15.4 Å². The van der Waals surface area contributed by atoms with Crippen molar-refractivity contribution < 1.29 is 4.74 Å². The number of anilines is 2. The van der Waals surface area contributed by atoms with Gasteiger partial charge in [0.2, 0.25) is 0 Å². The van der Waals surface area contributed by atoms with Crippen LogP contribution in [0.25, 0.3) is 0 Å². The number of nitrogens with one attached hydrogen (secondary N) is 2. The van der Waals surface area contributed by atoms with Crippen LogP contribution in [-0.2, 0) is 17.9 Å². The fourth-order valence-corrected chi connectivity index (χ4v) is 2.41. The predicted molar refractivity (Wildman–Crippen MR) is 81.1 cm³/mol. The molecule has 0 unspecified atom stereocenters. The Morgan fingerprint density at radius 1 is 1.20 bits per heavy atom. The molecule has 2 aromatic rings. The molecule has 0 aliphatic rings. The molecule has 7 heteroatoms. The Hall–Kier alpha value is -1.73. The van der Waals surface area contributed by atoms with Gasteiger partial charge in [-0.05, 0) is 13.8 Å². The molecule has 2 heterocycles. The Morgan fingerprint density at radius 3 is 2.55 bits per heavy atom. The number of aromatic nitrogens is 3. The van der Waals surface area contributed by atoms with Crippen molar-refractivity contribution in [2.45, 2.75) is 27.0 Å². The van der Waals surface area contributed by atoms with Crippen molar-refractivity contribution >= 4 is 23.0 Å². The summed E-state index contributed by atoms with van der Waals surface area (Å²) < 4.78 is 5.09. The highest BCUT2D eigenvalue weighted by Crippen LogP contribution is 2.15. The van der Waals surface area contributed by atoms with Gasteiger partial charge in [0.1, 0.15) is 23.3 Å². The van der Waals surface area contributed by atoms with Crippen molar-refractivity contribution in [3.8, 4) is 0 Å². The second kappa shape index (κ2) is 7.16. The fourth-order valence-electron chi connectivity index (χ4n) is 1.70. The molecule has 0 aliphatic heterocycles. The van der Waals surface area contributed by atoms with Gasteiger partial charge in [-0.1, -0.05) is 0 Å². The first-order chi connectivity index (χ1) is 9.71. The zero-order valence-corrected chi connectivity index (χ0v) is 12.8. The maximum Gasteiger partial charge on any atom is 0.158 e. The van der Waals surface area contributed by atoms with Crippen LogP contribution >= 0.6 is 11.3 Å². The summed E-state index contributed by atoms with van der Waals surface area (Å²) in [6.45, 7) is 5.89. The van der Waals surface area contributed by atoms with Crippen molar-refractivity contribution in [1.29, 1.82) is 0 Å². The quantitative estimate of drug-likeness (QED) is 0.817. The molecule has 0 radical (unpaired) electrons. The molecule has 0 fully saturated rings. The highest BCUT2D eigenvalue weighted by atomic mass is 32.1. The van der Waals surface area contributed by atoms with E-state index in [2.05, 4.69) is 25.6 Å². The highest BCUT2D eigenvalue weighted by Gasteiger charge is 2.05. The minimum absolute atomic E-state index is 0.393. The largest absolute Gasteiger partial charge is 0.377 e. The molecule has 2 aromatic heterocycles. The number of aryl methyl sites for hydroxylation is 1. The monoisotopic (exact) mass is 293 g/mol. The Balaban J connectivity index is 2.08. The number of nitrogens with zero attached hydrogens (tertiary/aromatic N) is 3. The summed E-state index contributed by atoms with van der Waals surface area (Å²) in [4.78, 5) is 13.2. The van der Waals surface area contributed by atoms with Crippen molar-refractivity contribution in [1.82, 2.24) is 15.0 Å². The lowest BCUT2D eigenvalue weighted by Gasteiger charge is -2.09. The first-order valence-electron chi connectivity index (χ1n) is 6.47. The van der Waals surface area contributed by atoms with E-state index in [4.69, 9.17) is 4.74 Å². The van der Waals surface area contributed by atoms with Crippen LogP contribution in [0.5, 0.6) is 0 Å². The second-order valence-corrected chi connectivity index (χ2v) is 5.20. The van der Waals surface area contributed by atoms with Crippen molar-refractivity contribution in [3.63, 3.8) is 0 Å². The first-order valence-corrected chi connectivity index (χ1v) is 7.35. The molecule has 0 saturated carbocycles. The lowest BCUT2D eigenvalue weighted by Crippen LogP contribution is -2.08. The Labute approximate surface area is 122 Å². The maximum atomic E-state index is 5.09. The van der Waals surface area contributed by atoms with Crippen LogP contribution < -0.4 is 10.6 Å². The molecule has 20 heavy (non-hydrogen) atoms. The van der Waals surface area contributed by atoms with E-state index >= 15 is 0 Å². The normalized spacial score (nSPS) is 10.6. The maximum absolute atomic E-state index is 5.09. The van der Waals surface area contributed by atoms with E-state index in [1.807, 2.05) is 25.3 Å². The highest BCUT2D eigenvalue weighted by molar-refractivity contribution is 7.09. The van der Waals surface area contributed by atoms with Gasteiger partial charge in [-0.2, -0.15) is 0 Å². The van der Waals surface area contributed by atoms with Gasteiger partial charge in [0.25, 0.3) is 0 Å². The number of rotatable bonds is 7. The summed E-state index contributed by atoms with van der Waals surface area (Å²) in [6.07, 6.45) is 0. The average Bonchev–Trinajstić information content (AvgIpc) is 2.83. The van der Waals surface area contributed by atoms with E-state index in [0.717, 1.165) is 28.9 Å². The summed E-state index contributed by atoms with van der Waals surface area (Å²) in [5.74, 6) is 2.23. The van der Waals surface area contributed by atoms with Gasteiger partial charge in [0.15, 0.2) is 5.82 Å². The number of ether oxygens (including phenoxy) is 1. The molecule has 0 aromatic carbocycles. The van der Waals surface area contributed by atoms with Gasteiger partial charge in [-0.25, -0.2) is 15.0 Å². The van der Waals surface area contributed by atoms with Crippen LogP contribution in [-0.4, -0.2) is 28.6 Å². The van der Waals surface area contributed by atoms with E-state index in [0.29, 0.717) is 19.0 Å². The Bertz CT molecular complexity index is 533. The Kier molecular flexibility index (Phi) is 5.25. The van der Waals surface area contributed by atoms with Gasteiger partial charge in [-0.3, -0.25) is 0 Å². The molecular weight excluding hydrogens is 274 g/mol. The van der Waals surface area contributed by atoms with Crippen molar-refractivity contribution in [2.75, 3.05) is 24.3 Å². The third-order valence-electron chi connectivity index (χ3n) is 2.49. The number of hydrogen-bond acceptors (Lipinski definition) is 7. The molecule has 0 amide bonds. The molecule has 108 valence electrons. The summed E-state index contributed by atoms with van der Waals surface area (Å²) in [5.41, 5.74) is 1.04. The third kappa shape index (κ3) is 4.14. The van der Waals surface area contributed by atoms with Gasteiger partial charge in [0, 0.05) is 30.8 Å². The molecule has 2 N–H and O–H groups in total. The molecule has 6 nitrogen and oxygen atoms in total. The standard InChI is InChI=1S/C13H19N5OS/c1-4-14-10-5-11(18-12(17-10)7-19-3)15-6-13-16-9(2)8-20-13/h5,8H,4,6-7H2,1-3H3,(H2,14,15,17,18). The van der Waals surface area contributed by atoms with E-state index in [1.165, 1.54) is 0 Å². The molecular formula is C13H19N5OS. The topological polar surface area (TPSA) is 72.0 Å². The molecule has 0 spiro atoms. The lowest BCUT2D eigenvalue weighted by molar-refractivity contribution is 0.178. The minimum Gasteiger partial charge on any atom is -0.377 e. The summed E-state index contributed by atoms with van der Waals surface area (Å²) in [5, 5.41) is 9.54. The van der Waals surface area contributed by atoms with Crippen LogP contribution in [0.4, 0.5) is 11.6 Å². The molecule has 2 rings (SSSR count). The summed E-state index contributed by atoms with van der Waals surface area (Å²) >= 11 is 1.64. The van der Waals surface area contributed by atoms with Gasteiger partial charge >= 0.3 is 0 Å². The van der Waals surface area contributed by atoms with E-state index < -0.39 is 0 Å². The SMILES string of the molecule is CCNc1cc(NCc2nc(C)cs2)nc(COC)n1. The van der Waals surface area contributed by atoms with Crippen LogP contribution in [0, 0.1) is 6.92 Å². The molecule has 0 aliphatic carbocycles. The molecule has 0 saturated heterocycles. The number of methoxy groups -OCH3 is 1. The summed E-state index contributed by atoms with van der Waals surface area (Å²) in [7, 11) is 1.63. The lowest BCUT2D eigenvalue weighted by atomic mass is 10.4. The Morgan fingerprint density at radius 2 is 1.95 bits per heavy atom. The smallest absolute Gasteiger partial charge is 0.158 e. The third-order valence-corrected chi connectivity index (χ3v) is 3.46. The number of hydrogen-bond donors (Lipinski definition) is 2. The average molecular weight is 293 g/mol. The van der Waals surface area contributed by atoms with Crippen LogP contribution in [0.2, 0.25) is 0 Å². The van der Waals surface area contributed by atoms with Crippen LogP contribution in [0.3, 0.4) is 0 Å². The summed E-state index contributed by atoms with van der Waals surface area (Å²) in [6, 6.07) is 1.89. The van der Waals surface area contributed by atoms with E-state index in [-0.39, 0.29) is 0 Å². The van der Waals surface area contributed by atoms with E-state index in [1.54, 1.807) is 18.4 Å². The van der Waals surface area contributed by atoms with Crippen molar-refractivity contribution in [3.05, 3.63) is 28.0 Å². The fraction of sp³-hybridized carbons (Fsp3) is 0.462. The molecule has 0 atom stereocenters. The van der Waals surface area contributed by atoms with Gasteiger partial charge in [-0.15, -0.1) is 11.3 Å². The van der Waals surface area contributed by atoms with E-state index in [9.17, 15) is 0 Å². The van der Waals surface area contributed by atoms with Crippen LogP contribution in [0.15, 0.2) is 11.4 Å². The van der Waals surface area contributed by atoms with Crippen molar-refractivity contribution in [2.24, 2.45) is 0 Å². The zero-order chi connectivity index (χ0) is 14.4. The predicted octanol–water partition coefficient (Wildman–Crippen LogP) is 2.43. The molecule has 0 bridgehead atoms.